The molecule has 1 aliphatic heterocycles. The van der Waals surface area contributed by atoms with Crippen molar-refractivity contribution in [3.05, 3.63) is 47.3 Å². The molecule has 0 bridgehead atoms. The van der Waals surface area contributed by atoms with E-state index in [4.69, 9.17) is 10.7 Å². The topological polar surface area (TPSA) is 71.5 Å². The maximum Gasteiger partial charge on any atom is 0.193 e. The molecule has 0 spiro atoms. The number of nitrogens with one attached hydrogen (secondary N) is 1. The first-order valence-corrected chi connectivity index (χ1v) is 10.4. The van der Waals surface area contributed by atoms with Gasteiger partial charge in [-0.05, 0) is 81.3 Å². The van der Waals surface area contributed by atoms with Gasteiger partial charge in [-0.25, -0.2) is 0 Å². The predicted molar refractivity (Wildman–Crippen MR) is 130 cm³/mol. The first-order valence-electron chi connectivity index (χ1n) is 10.4. The third-order valence-electron chi connectivity index (χ3n) is 5.96. The normalized spacial score (nSPS) is 22.9. The Hall–Kier alpha value is -1.61. The van der Waals surface area contributed by atoms with Gasteiger partial charge in [0.05, 0.1) is 11.7 Å². The van der Waals surface area contributed by atoms with Crippen molar-refractivity contribution < 1.29 is 0 Å². The SMILES string of the molecule is Cc1cc(C)cc(NC(N)=NC[C@@H]2CCCN(C3CC3)[C@H]2c2ccnn2C)c1.I. The molecule has 0 amide bonds. The number of nitrogens with zero attached hydrogens (tertiary/aromatic N) is 4. The maximum atomic E-state index is 6.23. The first-order chi connectivity index (χ1) is 13.5. The third-order valence-corrected chi connectivity index (χ3v) is 5.96. The Bertz CT molecular complexity index is 836. The highest BCUT2D eigenvalue weighted by Crippen LogP contribution is 2.42. The van der Waals surface area contributed by atoms with Crippen molar-refractivity contribution >= 4 is 35.6 Å². The number of aryl methyl sites for hydroxylation is 3. The molecule has 158 valence electrons. The molecule has 0 unspecified atom stereocenters. The van der Waals surface area contributed by atoms with Gasteiger partial charge < -0.3 is 11.1 Å². The van der Waals surface area contributed by atoms with E-state index in [2.05, 4.69) is 53.4 Å². The van der Waals surface area contributed by atoms with Gasteiger partial charge in [0, 0.05) is 31.5 Å². The number of piperidine rings is 1. The van der Waals surface area contributed by atoms with Crippen molar-refractivity contribution in [2.24, 2.45) is 23.7 Å². The highest BCUT2D eigenvalue weighted by Gasteiger charge is 2.41. The summed E-state index contributed by atoms with van der Waals surface area (Å²) in [7, 11) is 2.05. The van der Waals surface area contributed by atoms with Crippen molar-refractivity contribution in [2.75, 3.05) is 18.4 Å². The standard InChI is InChI=1S/C22H32N6.HI/c1-15-11-16(2)13-18(12-15)26-22(23)24-14-17-5-4-10-28(19-6-7-19)21(17)20-8-9-25-27(20)3;/h8-9,11-13,17,19,21H,4-7,10,14H2,1-3H3,(H3,23,24,26);1H/t17-,21+;/m0./s1. The van der Waals surface area contributed by atoms with Gasteiger partial charge in [-0.2, -0.15) is 5.10 Å². The third kappa shape index (κ3) is 5.31. The fourth-order valence-corrected chi connectivity index (χ4v) is 4.65. The second kappa shape index (κ2) is 9.47. The van der Waals surface area contributed by atoms with Crippen LogP contribution in [0.3, 0.4) is 0 Å². The molecule has 2 aliphatic rings. The Balaban J connectivity index is 0.00000240. The van der Waals surface area contributed by atoms with Gasteiger partial charge in [0.15, 0.2) is 5.96 Å². The quantitative estimate of drug-likeness (QED) is 0.364. The lowest BCUT2D eigenvalue weighted by Crippen LogP contribution is -2.42. The van der Waals surface area contributed by atoms with Gasteiger partial charge in [-0.15, -0.1) is 24.0 Å². The molecule has 1 saturated carbocycles. The Morgan fingerprint density at radius 3 is 2.55 bits per heavy atom. The minimum atomic E-state index is 0. The van der Waals surface area contributed by atoms with Crippen molar-refractivity contribution in [3.8, 4) is 0 Å². The van der Waals surface area contributed by atoms with Crippen LogP contribution in [0.5, 0.6) is 0 Å². The van der Waals surface area contributed by atoms with Gasteiger partial charge in [0.1, 0.15) is 0 Å². The van der Waals surface area contributed by atoms with Crippen molar-refractivity contribution in [3.63, 3.8) is 0 Å². The van der Waals surface area contributed by atoms with Crippen LogP contribution in [0, 0.1) is 19.8 Å². The van der Waals surface area contributed by atoms with E-state index in [0.717, 1.165) is 18.3 Å². The number of guanidine groups is 1. The van der Waals surface area contributed by atoms with Crippen LogP contribution < -0.4 is 11.1 Å². The summed E-state index contributed by atoms with van der Waals surface area (Å²) in [6.45, 7) is 6.11. The number of anilines is 1. The van der Waals surface area contributed by atoms with Crippen LogP contribution in [-0.4, -0.2) is 39.8 Å². The summed E-state index contributed by atoms with van der Waals surface area (Å²) >= 11 is 0. The molecule has 7 heteroatoms. The lowest BCUT2D eigenvalue weighted by Gasteiger charge is -2.41. The van der Waals surface area contributed by atoms with E-state index in [9.17, 15) is 0 Å². The number of benzene rings is 1. The van der Waals surface area contributed by atoms with Crippen LogP contribution >= 0.6 is 24.0 Å². The Morgan fingerprint density at radius 2 is 1.93 bits per heavy atom. The van der Waals surface area contributed by atoms with Gasteiger partial charge in [-0.3, -0.25) is 14.6 Å². The van der Waals surface area contributed by atoms with Crippen LogP contribution in [0.2, 0.25) is 0 Å². The number of halogens is 1. The van der Waals surface area contributed by atoms with E-state index in [0.29, 0.717) is 17.9 Å². The smallest absolute Gasteiger partial charge is 0.193 e. The Labute approximate surface area is 191 Å². The maximum absolute atomic E-state index is 6.23. The van der Waals surface area contributed by atoms with Crippen LogP contribution in [-0.2, 0) is 7.05 Å². The van der Waals surface area contributed by atoms with E-state index >= 15 is 0 Å². The molecular weight excluding hydrogens is 475 g/mol. The number of aromatic nitrogens is 2. The second-order valence-electron chi connectivity index (χ2n) is 8.42. The molecule has 6 nitrogen and oxygen atoms in total. The molecule has 2 atom stereocenters. The number of nitrogens with two attached hydrogens (primary N) is 1. The van der Waals surface area contributed by atoms with Crippen LogP contribution in [0.1, 0.15) is 48.5 Å². The monoisotopic (exact) mass is 508 g/mol. The van der Waals surface area contributed by atoms with Crippen LogP contribution in [0.4, 0.5) is 5.69 Å². The van der Waals surface area contributed by atoms with E-state index in [1.807, 2.05) is 17.9 Å². The number of hydrogen-bond acceptors (Lipinski definition) is 3. The van der Waals surface area contributed by atoms with E-state index < -0.39 is 0 Å². The van der Waals surface area contributed by atoms with Gasteiger partial charge in [-0.1, -0.05) is 6.07 Å². The van der Waals surface area contributed by atoms with Gasteiger partial charge in [0.25, 0.3) is 0 Å². The molecular formula is C22H33IN6. The molecule has 2 heterocycles. The molecule has 4 rings (SSSR count). The molecule has 29 heavy (non-hydrogen) atoms. The minimum Gasteiger partial charge on any atom is -0.370 e. The minimum absolute atomic E-state index is 0. The summed E-state index contributed by atoms with van der Waals surface area (Å²) in [5.74, 6) is 0.960. The summed E-state index contributed by atoms with van der Waals surface area (Å²) in [6.07, 6.45) is 6.96. The summed E-state index contributed by atoms with van der Waals surface area (Å²) in [5, 5.41) is 7.69. The molecule has 3 N–H and O–H groups in total. The first kappa shape index (κ1) is 22.1. The molecule has 2 fully saturated rings. The molecule has 2 aromatic rings. The highest BCUT2D eigenvalue weighted by atomic mass is 127. The molecule has 1 aromatic heterocycles. The van der Waals surface area contributed by atoms with Crippen molar-refractivity contribution in [1.29, 1.82) is 0 Å². The van der Waals surface area contributed by atoms with Crippen LogP contribution in [0.25, 0.3) is 0 Å². The molecule has 1 aromatic carbocycles. The molecule has 1 aliphatic carbocycles. The molecule has 0 radical (unpaired) electrons. The van der Waals surface area contributed by atoms with Gasteiger partial charge >= 0.3 is 0 Å². The number of hydrogen-bond donors (Lipinski definition) is 2. The van der Waals surface area contributed by atoms with Gasteiger partial charge in [0.2, 0.25) is 0 Å². The fraction of sp³-hybridized carbons (Fsp3) is 0.545. The lowest BCUT2D eigenvalue weighted by atomic mass is 9.86. The number of aliphatic imine (C=N–C) groups is 1. The molecule has 1 saturated heterocycles. The zero-order chi connectivity index (χ0) is 19.7. The van der Waals surface area contributed by atoms with E-state index in [-0.39, 0.29) is 24.0 Å². The number of rotatable bonds is 5. The zero-order valence-corrected chi connectivity index (χ0v) is 20.0. The Morgan fingerprint density at radius 1 is 1.21 bits per heavy atom. The average molecular weight is 508 g/mol. The van der Waals surface area contributed by atoms with E-state index in [1.165, 1.54) is 49.0 Å². The second-order valence-corrected chi connectivity index (χ2v) is 8.42. The Kier molecular flexibility index (Phi) is 7.21. The lowest BCUT2D eigenvalue weighted by molar-refractivity contribution is 0.0824. The summed E-state index contributed by atoms with van der Waals surface area (Å²) in [6, 6.07) is 9.64. The highest BCUT2D eigenvalue weighted by molar-refractivity contribution is 14.0. The average Bonchev–Trinajstić information content (AvgIpc) is 3.40. The summed E-state index contributed by atoms with van der Waals surface area (Å²) in [5.41, 5.74) is 11.0. The zero-order valence-electron chi connectivity index (χ0n) is 17.6. The van der Waals surface area contributed by atoms with Crippen molar-refractivity contribution in [2.45, 2.75) is 51.6 Å². The number of likely N-dealkylation sites (tertiary alicyclic amines) is 1. The summed E-state index contributed by atoms with van der Waals surface area (Å²) in [4.78, 5) is 7.42. The largest absolute Gasteiger partial charge is 0.370 e. The fourth-order valence-electron chi connectivity index (χ4n) is 4.65. The van der Waals surface area contributed by atoms with Crippen molar-refractivity contribution in [1.82, 2.24) is 14.7 Å². The van der Waals surface area contributed by atoms with Crippen LogP contribution in [0.15, 0.2) is 35.5 Å². The van der Waals surface area contributed by atoms with E-state index in [1.54, 1.807) is 0 Å². The summed E-state index contributed by atoms with van der Waals surface area (Å²) < 4.78 is 2.03. The predicted octanol–water partition coefficient (Wildman–Crippen LogP) is 4.00.